The molecular weight excluding hydrogens is 485 g/mol. The highest BCUT2D eigenvalue weighted by Gasteiger charge is 2.25. The number of primary sulfonamides is 1. The minimum atomic E-state index is -4.01. The molecule has 0 radical (unpaired) electrons. The molecule has 3 heterocycles. The van der Waals surface area contributed by atoms with Crippen molar-refractivity contribution in [3.05, 3.63) is 60.3 Å². The molecule has 0 amide bonds. The van der Waals surface area contributed by atoms with Gasteiger partial charge < -0.3 is 14.2 Å². The van der Waals surface area contributed by atoms with E-state index in [0.29, 0.717) is 28.7 Å². The smallest absolute Gasteiger partial charge is 0.324 e. The van der Waals surface area contributed by atoms with E-state index in [4.69, 9.17) is 14.4 Å². The van der Waals surface area contributed by atoms with E-state index in [-0.39, 0.29) is 22.5 Å². The summed E-state index contributed by atoms with van der Waals surface area (Å²) in [7, 11) is -4.01. The van der Waals surface area contributed by atoms with Crippen LogP contribution in [0, 0.1) is 5.82 Å². The average Bonchev–Trinajstić information content (AvgIpc) is 3.35. The molecule has 2 N–H and O–H groups in total. The summed E-state index contributed by atoms with van der Waals surface area (Å²) >= 11 is 0. The zero-order valence-corrected chi connectivity index (χ0v) is 20.7. The van der Waals surface area contributed by atoms with Gasteiger partial charge in [-0.1, -0.05) is 37.2 Å². The third-order valence-electron chi connectivity index (χ3n) is 6.24. The Kier molecular flexibility index (Phi) is 6.35. The maximum atomic E-state index is 14.9. The minimum Gasteiger partial charge on any atom is -0.490 e. The molecule has 1 fully saturated rings. The number of anilines is 1. The number of fused-ring (bicyclic) bond motifs is 1. The summed E-state index contributed by atoms with van der Waals surface area (Å²) in [5.41, 5.74) is 1.32. The molecule has 188 valence electrons. The monoisotopic (exact) mass is 511 g/mol. The van der Waals surface area contributed by atoms with Gasteiger partial charge in [-0.3, -0.25) is 4.98 Å². The predicted octanol–water partition coefficient (Wildman–Crippen LogP) is 4.24. The zero-order valence-electron chi connectivity index (χ0n) is 19.9. The van der Waals surface area contributed by atoms with E-state index in [2.05, 4.69) is 20.0 Å². The molecular formula is C25H26FN5O4S. The first-order valence-corrected chi connectivity index (χ1v) is 13.2. The second-order valence-electron chi connectivity index (χ2n) is 9.09. The Hall–Kier alpha value is -3.57. The molecule has 0 aliphatic carbocycles. The second-order valence-corrected chi connectivity index (χ2v) is 10.7. The highest BCUT2D eigenvalue weighted by atomic mass is 32.2. The van der Waals surface area contributed by atoms with Crippen molar-refractivity contribution in [2.24, 2.45) is 5.14 Å². The van der Waals surface area contributed by atoms with Gasteiger partial charge in [-0.05, 0) is 24.3 Å². The molecule has 1 aliphatic heterocycles. The van der Waals surface area contributed by atoms with Gasteiger partial charge in [-0.25, -0.2) is 17.9 Å². The Bertz CT molecular complexity index is 1510. The largest absolute Gasteiger partial charge is 0.490 e. The van der Waals surface area contributed by atoms with Gasteiger partial charge in [-0.15, -0.1) is 0 Å². The number of sulfonamides is 1. The summed E-state index contributed by atoms with van der Waals surface area (Å²) in [4.78, 5) is 10.7. The lowest BCUT2D eigenvalue weighted by Gasteiger charge is -2.31. The van der Waals surface area contributed by atoms with Crippen molar-refractivity contribution in [3.63, 3.8) is 0 Å². The number of hydrogen-bond acceptors (Lipinski definition) is 8. The fourth-order valence-electron chi connectivity index (χ4n) is 4.30. The van der Waals surface area contributed by atoms with Gasteiger partial charge in [0.1, 0.15) is 17.7 Å². The van der Waals surface area contributed by atoms with Crippen LogP contribution in [0.3, 0.4) is 0 Å². The third-order valence-corrected chi connectivity index (χ3v) is 7.15. The first kappa shape index (κ1) is 24.1. The summed E-state index contributed by atoms with van der Waals surface area (Å²) in [5.74, 6) is 0.851. The molecule has 4 aromatic rings. The fourth-order valence-corrected chi connectivity index (χ4v) is 4.82. The Labute approximate surface area is 208 Å². The van der Waals surface area contributed by atoms with Crippen LogP contribution in [-0.2, 0) is 10.0 Å². The Morgan fingerprint density at radius 1 is 1.14 bits per heavy atom. The van der Waals surface area contributed by atoms with Gasteiger partial charge >= 0.3 is 6.01 Å². The van der Waals surface area contributed by atoms with Crippen LogP contribution in [0.2, 0.25) is 0 Å². The number of hydrogen-bond donors (Lipinski definition) is 1. The minimum absolute atomic E-state index is 0.0197. The highest BCUT2D eigenvalue weighted by Crippen LogP contribution is 2.35. The molecule has 0 atom stereocenters. The average molecular weight is 512 g/mol. The molecule has 1 saturated heterocycles. The van der Waals surface area contributed by atoms with E-state index in [1.165, 1.54) is 12.1 Å². The lowest BCUT2D eigenvalue weighted by atomic mass is 10.0. The lowest BCUT2D eigenvalue weighted by Crippen LogP contribution is -2.38. The topological polar surface area (TPSA) is 124 Å². The van der Waals surface area contributed by atoms with E-state index in [1.54, 1.807) is 24.4 Å². The van der Waals surface area contributed by atoms with Crippen molar-refractivity contribution in [3.8, 4) is 16.9 Å². The number of nitrogens with zero attached hydrogens (tertiary/aromatic N) is 4. The zero-order chi connectivity index (χ0) is 25.4. The SMILES string of the molecule is CC(C)c1noc(N2CCC(Oc3ccnc4c(-c5ccc(S(N)(=O)=O)cc5F)cccc34)CC2)n1. The van der Waals surface area contributed by atoms with Crippen molar-refractivity contribution in [1.82, 2.24) is 15.1 Å². The fraction of sp³-hybridized carbons (Fsp3) is 0.320. The van der Waals surface area contributed by atoms with E-state index in [1.807, 2.05) is 19.9 Å². The number of rotatable bonds is 6. The maximum absolute atomic E-state index is 14.9. The van der Waals surface area contributed by atoms with Crippen LogP contribution in [0.25, 0.3) is 22.0 Å². The van der Waals surface area contributed by atoms with Crippen molar-refractivity contribution in [2.75, 3.05) is 18.0 Å². The molecule has 5 rings (SSSR count). The normalized spacial score (nSPS) is 15.1. The van der Waals surface area contributed by atoms with Crippen LogP contribution < -0.4 is 14.8 Å². The first-order chi connectivity index (χ1) is 17.2. The standard InChI is InChI=1S/C25H26FN5O4S/c1-15(2)24-29-25(35-30-24)31-12-9-16(10-13-31)34-22-8-11-28-23-19(4-3-5-20(22)23)18-7-6-17(14-21(18)26)36(27,32)33/h3-8,11,14-16H,9-10,12-13H2,1-2H3,(H2,27,32,33). The molecule has 0 unspecified atom stereocenters. The molecule has 36 heavy (non-hydrogen) atoms. The second kappa shape index (κ2) is 9.47. The summed E-state index contributed by atoms with van der Waals surface area (Å²) in [5, 5.41) is 9.91. The molecule has 9 nitrogen and oxygen atoms in total. The van der Waals surface area contributed by atoms with Gasteiger partial charge in [0.2, 0.25) is 10.0 Å². The van der Waals surface area contributed by atoms with Crippen LogP contribution in [0.15, 0.2) is 58.1 Å². The lowest BCUT2D eigenvalue weighted by molar-refractivity contribution is 0.170. The molecule has 0 bridgehead atoms. The van der Waals surface area contributed by atoms with Gasteiger partial charge in [0.15, 0.2) is 5.82 Å². The van der Waals surface area contributed by atoms with Crippen LogP contribution in [-0.4, -0.2) is 42.7 Å². The number of ether oxygens (including phenoxy) is 1. The van der Waals surface area contributed by atoms with Crippen molar-refractivity contribution in [2.45, 2.75) is 43.6 Å². The molecule has 1 aliphatic rings. The van der Waals surface area contributed by atoms with Crippen molar-refractivity contribution in [1.29, 1.82) is 0 Å². The number of piperidine rings is 1. The predicted molar refractivity (Wildman–Crippen MR) is 133 cm³/mol. The molecule has 0 spiro atoms. The molecule has 2 aromatic carbocycles. The van der Waals surface area contributed by atoms with E-state index in [9.17, 15) is 12.8 Å². The number of halogens is 1. The third kappa shape index (κ3) is 4.76. The molecule has 11 heteroatoms. The van der Waals surface area contributed by atoms with Gasteiger partial charge in [0.05, 0.1) is 10.4 Å². The maximum Gasteiger partial charge on any atom is 0.324 e. The number of benzene rings is 2. The summed E-state index contributed by atoms with van der Waals surface area (Å²) in [6.45, 7) is 5.49. The number of para-hydroxylation sites is 1. The van der Waals surface area contributed by atoms with Crippen molar-refractivity contribution >= 4 is 26.9 Å². The number of aromatic nitrogens is 3. The first-order valence-electron chi connectivity index (χ1n) is 11.7. The Morgan fingerprint density at radius 2 is 1.92 bits per heavy atom. The van der Waals surface area contributed by atoms with Crippen LogP contribution >= 0.6 is 0 Å². The van der Waals surface area contributed by atoms with Gasteiger partial charge in [-0.2, -0.15) is 4.98 Å². The van der Waals surface area contributed by atoms with Crippen molar-refractivity contribution < 1.29 is 22.1 Å². The summed E-state index contributed by atoms with van der Waals surface area (Å²) in [6.07, 6.45) is 3.14. The summed E-state index contributed by atoms with van der Waals surface area (Å²) in [6, 6.07) is 11.3. The van der Waals surface area contributed by atoms with Gasteiger partial charge in [0.25, 0.3) is 0 Å². The highest BCUT2D eigenvalue weighted by molar-refractivity contribution is 7.89. The summed E-state index contributed by atoms with van der Waals surface area (Å²) < 4.78 is 49.8. The van der Waals surface area contributed by atoms with E-state index in [0.717, 1.165) is 37.4 Å². The Morgan fingerprint density at radius 3 is 2.58 bits per heavy atom. The van der Waals surface area contributed by atoms with E-state index < -0.39 is 15.8 Å². The van der Waals surface area contributed by atoms with E-state index >= 15 is 0 Å². The van der Waals surface area contributed by atoms with Crippen LogP contribution in [0.1, 0.15) is 38.4 Å². The van der Waals surface area contributed by atoms with Crippen LogP contribution in [0.5, 0.6) is 5.75 Å². The Balaban J connectivity index is 1.36. The molecule has 0 saturated carbocycles. The van der Waals surface area contributed by atoms with Gasteiger partial charge in [0, 0.05) is 54.6 Å². The number of pyridine rings is 1. The quantitative estimate of drug-likeness (QED) is 0.408. The van der Waals surface area contributed by atoms with Crippen LogP contribution in [0.4, 0.5) is 10.4 Å². The molecule has 2 aromatic heterocycles. The number of nitrogens with two attached hydrogens (primary N) is 1.